The molecule has 90 valence electrons. The molecular weight excluding hydrogens is 220 g/mol. The summed E-state index contributed by atoms with van der Waals surface area (Å²) < 4.78 is 4.63. The molecule has 0 aliphatic carbocycles. The largest absolute Gasteiger partial charge is 0.365 e. The van der Waals surface area contributed by atoms with Crippen molar-refractivity contribution in [3.05, 3.63) is 35.7 Å². The highest BCUT2D eigenvalue weighted by molar-refractivity contribution is 5.95. The van der Waals surface area contributed by atoms with Crippen molar-refractivity contribution in [3.63, 3.8) is 0 Å². The fraction of sp³-hybridized carbons (Fsp3) is 0.364. The Kier molecular flexibility index (Phi) is 3.22. The number of carbonyl (C=O) groups is 1. The topological polar surface area (TPSA) is 75.0 Å². The summed E-state index contributed by atoms with van der Waals surface area (Å²) in [4.78, 5) is 20.6. The number of likely N-dealkylation sites (N-methyl/N-ethyl adjacent to an activating group) is 1. The van der Waals surface area contributed by atoms with E-state index in [-0.39, 0.29) is 5.91 Å². The SMILES string of the molecule is Cc1[nH]ccc1C(=O)N(C)CCc1ncon1. The predicted octanol–water partition coefficient (Wildman–Crippen LogP) is 1.02. The zero-order valence-electron chi connectivity index (χ0n) is 9.80. The van der Waals surface area contributed by atoms with Crippen LogP contribution in [0.15, 0.2) is 23.2 Å². The third-order valence-corrected chi connectivity index (χ3v) is 2.61. The Morgan fingerprint density at radius 1 is 1.59 bits per heavy atom. The lowest BCUT2D eigenvalue weighted by Gasteiger charge is -2.15. The molecule has 17 heavy (non-hydrogen) atoms. The highest BCUT2D eigenvalue weighted by Crippen LogP contribution is 2.08. The maximum Gasteiger partial charge on any atom is 0.255 e. The van der Waals surface area contributed by atoms with Gasteiger partial charge in [-0.2, -0.15) is 4.98 Å². The Labute approximate surface area is 98.6 Å². The van der Waals surface area contributed by atoms with E-state index in [0.717, 1.165) is 5.69 Å². The zero-order chi connectivity index (χ0) is 12.3. The molecule has 6 nitrogen and oxygen atoms in total. The van der Waals surface area contributed by atoms with Crippen LogP contribution >= 0.6 is 0 Å². The molecule has 0 aromatic carbocycles. The van der Waals surface area contributed by atoms with Crippen molar-refractivity contribution < 1.29 is 9.32 Å². The van der Waals surface area contributed by atoms with E-state index in [0.29, 0.717) is 24.4 Å². The normalized spacial score (nSPS) is 10.5. The van der Waals surface area contributed by atoms with Crippen LogP contribution in [0.2, 0.25) is 0 Å². The molecule has 2 rings (SSSR count). The van der Waals surface area contributed by atoms with E-state index in [2.05, 4.69) is 19.6 Å². The van der Waals surface area contributed by atoms with Gasteiger partial charge in [0.15, 0.2) is 5.82 Å². The molecule has 0 aliphatic heterocycles. The van der Waals surface area contributed by atoms with Crippen LogP contribution in [-0.4, -0.2) is 39.5 Å². The standard InChI is InChI=1S/C11H14N4O2/c1-8-9(3-5-12-8)11(16)15(2)6-4-10-13-7-17-14-10/h3,5,7,12H,4,6H2,1-2H3. The molecule has 6 heteroatoms. The molecule has 0 unspecified atom stereocenters. The van der Waals surface area contributed by atoms with Crippen molar-refractivity contribution in [1.82, 2.24) is 20.0 Å². The molecule has 0 saturated heterocycles. The van der Waals surface area contributed by atoms with Crippen LogP contribution in [-0.2, 0) is 6.42 Å². The van der Waals surface area contributed by atoms with Crippen LogP contribution in [0, 0.1) is 6.92 Å². The second-order valence-corrected chi connectivity index (χ2v) is 3.84. The monoisotopic (exact) mass is 234 g/mol. The van der Waals surface area contributed by atoms with E-state index < -0.39 is 0 Å². The van der Waals surface area contributed by atoms with E-state index >= 15 is 0 Å². The van der Waals surface area contributed by atoms with Crippen LogP contribution in [0.1, 0.15) is 21.9 Å². The third-order valence-electron chi connectivity index (χ3n) is 2.61. The van der Waals surface area contributed by atoms with Crippen molar-refractivity contribution in [2.24, 2.45) is 0 Å². The fourth-order valence-electron chi connectivity index (χ4n) is 1.56. The van der Waals surface area contributed by atoms with Gasteiger partial charge in [-0.05, 0) is 13.0 Å². The number of rotatable bonds is 4. The van der Waals surface area contributed by atoms with Crippen molar-refractivity contribution in [2.75, 3.05) is 13.6 Å². The number of nitrogens with one attached hydrogen (secondary N) is 1. The van der Waals surface area contributed by atoms with Gasteiger partial charge in [0.25, 0.3) is 5.91 Å². The number of aryl methyl sites for hydroxylation is 1. The predicted molar refractivity (Wildman–Crippen MR) is 60.5 cm³/mol. The molecule has 0 spiro atoms. The number of carbonyl (C=O) groups excluding carboxylic acids is 1. The molecule has 0 radical (unpaired) electrons. The zero-order valence-corrected chi connectivity index (χ0v) is 9.80. The lowest BCUT2D eigenvalue weighted by Crippen LogP contribution is -2.29. The van der Waals surface area contributed by atoms with Crippen LogP contribution in [0.25, 0.3) is 0 Å². The molecule has 1 N–H and O–H groups in total. The molecular formula is C11H14N4O2. The Morgan fingerprint density at radius 2 is 2.41 bits per heavy atom. The second kappa shape index (κ2) is 4.82. The summed E-state index contributed by atoms with van der Waals surface area (Å²) in [5.74, 6) is 0.600. The summed E-state index contributed by atoms with van der Waals surface area (Å²) in [6, 6.07) is 1.78. The first-order valence-electron chi connectivity index (χ1n) is 5.33. The summed E-state index contributed by atoms with van der Waals surface area (Å²) in [7, 11) is 1.76. The summed E-state index contributed by atoms with van der Waals surface area (Å²) >= 11 is 0. The van der Waals surface area contributed by atoms with Crippen LogP contribution < -0.4 is 0 Å². The minimum Gasteiger partial charge on any atom is -0.365 e. The minimum atomic E-state index is -0.00718. The molecule has 0 saturated carbocycles. The van der Waals surface area contributed by atoms with Gasteiger partial charge in [-0.15, -0.1) is 0 Å². The van der Waals surface area contributed by atoms with Crippen molar-refractivity contribution in [3.8, 4) is 0 Å². The lowest BCUT2D eigenvalue weighted by molar-refractivity contribution is 0.0795. The van der Waals surface area contributed by atoms with E-state index in [4.69, 9.17) is 0 Å². The molecule has 2 aromatic rings. The third kappa shape index (κ3) is 2.52. The van der Waals surface area contributed by atoms with Gasteiger partial charge in [0.1, 0.15) is 0 Å². The Bertz CT molecular complexity index is 489. The minimum absolute atomic E-state index is 0.00718. The van der Waals surface area contributed by atoms with Gasteiger partial charge in [-0.3, -0.25) is 4.79 Å². The maximum absolute atomic E-state index is 12.0. The molecule has 1 amide bonds. The van der Waals surface area contributed by atoms with Crippen LogP contribution in [0.5, 0.6) is 0 Å². The number of hydrogen-bond donors (Lipinski definition) is 1. The smallest absolute Gasteiger partial charge is 0.255 e. The second-order valence-electron chi connectivity index (χ2n) is 3.84. The van der Waals surface area contributed by atoms with Gasteiger partial charge in [-0.25, -0.2) is 0 Å². The average Bonchev–Trinajstić information content (AvgIpc) is 2.95. The first-order valence-corrected chi connectivity index (χ1v) is 5.33. The van der Waals surface area contributed by atoms with Crippen molar-refractivity contribution in [2.45, 2.75) is 13.3 Å². The molecule has 0 aliphatic rings. The summed E-state index contributed by atoms with van der Waals surface area (Å²) in [6.07, 6.45) is 3.63. The van der Waals surface area contributed by atoms with E-state index in [1.165, 1.54) is 6.39 Å². The van der Waals surface area contributed by atoms with Gasteiger partial charge in [-0.1, -0.05) is 5.16 Å². The maximum atomic E-state index is 12.0. The van der Waals surface area contributed by atoms with Gasteiger partial charge >= 0.3 is 0 Å². The molecule has 0 atom stereocenters. The number of amides is 1. The lowest BCUT2D eigenvalue weighted by atomic mass is 10.2. The first-order chi connectivity index (χ1) is 8.18. The van der Waals surface area contributed by atoms with Gasteiger partial charge in [0.05, 0.1) is 5.56 Å². The van der Waals surface area contributed by atoms with Crippen molar-refractivity contribution in [1.29, 1.82) is 0 Å². The Hall–Kier alpha value is -2.11. The number of aromatic amines is 1. The van der Waals surface area contributed by atoms with Gasteiger partial charge < -0.3 is 14.4 Å². The van der Waals surface area contributed by atoms with Gasteiger partial charge in [0.2, 0.25) is 6.39 Å². The number of aromatic nitrogens is 3. The van der Waals surface area contributed by atoms with Crippen LogP contribution in [0.3, 0.4) is 0 Å². The number of nitrogens with zero attached hydrogens (tertiary/aromatic N) is 3. The number of hydrogen-bond acceptors (Lipinski definition) is 4. The van der Waals surface area contributed by atoms with E-state index in [1.807, 2.05) is 6.92 Å². The fourth-order valence-corrected chi connectivity index (χ4v) is 1.56. The van der Waals surface area contributed by atoms with Gasteiger partial charge in [0, 0.05) is 31.9 Å². The quantitative estimate of drug-likeness (QED) is 0.857. The number of H-pyrrole nitrogens is 1. The van der Waals surface area contributed by atoms with E-state index in [9.17, 15) is 4.79 Å². The highest BCUT2D eigenvalue weighted by atomic mass is 16.5. The summed E-state index contributed by atoms with van der Waals surface area (Å²) in [5, 5.41) is 3.70. The summed E-state index contributed by atoms with van der Waals surface area (Å²) in [6.45, 7) is 2.43. The summed E-state index contributed by atoms with van der Waals surface area (Å²) in [5.41, 5.74) is 1.57. The molecule has 2 heterocycles. The molecule has 0 bridgehead atoms. The first kappa shape index (κ1) is 11.4. The van der Waals surface area contributed by atoms with Crippen LogP contribution in [0.4, 0.5) is 0 Å². The van der Waals surface area contributed by atoms with Crippen molar-refractivity contribution >= 4 is 5.91 Å². The Morgan fingerprint density at radius 3 is 3.00 bits per heavy atom. The molecule has 2 aromatic heterocycles. The average molecular weight is 234 g/mol. The molecule has 0 fully saturated rings. The highest BCUT2D eigenvalue weighted by Gasteiger charge is 2.14. The Balaban J connectivity index is 1.94. The van der Waals surface area contributed by atoms with E-state index in [1.54, 1.807) is 24.2 Å².